The zero-order chi connectivity index (χ0) is 19.7. The number of nitrogens with zero attached hydrogens (tertiary/aromatic N) is 5. The minimum atomic E-state index is -0.299. The molecule has 1 aliphatic rings. The number of nitrogens with one attached hydrogen (secondary N) is 1. The first-order chi connectivity index (χ1) is 13.7. The molecule has 0 atom stereocenters. The summed E-state index contributed by atoms with van der Waals surface area (Å²) in [6.45, 7) is 6.52. The van der Waals surface area contributed by atoms with E-state index in [-0.39, 0.29) is 5.97 Å². The molecular weight excluding hydrogens is 356 g/mol. The van der Waals surface area contributed by atoms with Crippen LogP contribution in [-0.4, -0.2) is 44.6 Å². The third kappa shape index (κ3) is 3.04. The minimum Gasteiger partial charge on any atom is -0.465 e. The molecule has 0 fully saturated rings. The number of aryl methyl sites for hydroxylation is 1. The average Bonchev–Trinajstić information content (AvgIpc) is 3.38. The molecule has 4 rings (SSSR count). The summed E-state index contributed by atoms with van der Waals surface area (Å²) < 4.78 is 6.96. The number of hydrogen-bond acceptors (Lipinski definition) is 6. The van der Waals surface area contributed by atoms with Crippen molar-refractivity contribution in [1.82, 2.24) is 25.0 Å². The molecule has 1 aromatic carbocycles. The van der Waals surface area contributed by atoms with Crippen LogP contribution in [-0.2, 0) is 30.7 Å². The molecule has 3 aromatic rings. The van der Waals surface area contributed by atoms with Gasteiger partial charge in [-0.25, -0.2) is 4.79 Å². The number of ether oxygens (including phenoxy) is 1. The van der Waals surface area contributed by atoms with Gasteiger partial charge < -0.3 is 9.64 Å². The molecule has 8 heteroatoms. The number of esters is 1. The third-order valence-corrected chi connectivity index (χ3v) is 5.28. The lowest BCUT2D eigenvalue weighted by Crippen LogP contribution is -2.32. The van der Waals surface area contributed by atoms with E-state index in [0.29, 0.717) is 5.56 Å². The van der Waals surface area contributed by atoms with Crippen LogP contribution >= 0.6 is 0 Å². The lowest BCUT2D eigenvalue weighted by atomic mass is 9.97. The van der Waals surface area contributed by atoms with E-state index in [4.69, 9.17) is 4.74 Å². The van der Waals surface area contributed by atoms with Crippen LogP contribution in [0.5, 0.6) is 0 Å². The highest BCUT2D eigenvalue weighted by Gasteiger charge is 2.24. The summed E-state index contributed by atoms with van der Waals surface area (Å²) in [6.07, 6.45) is 3.53. The van der Waals surface area contributed by atoms with Crippen molar-refractivity contribution in [3.05, 3.63) is 46.8 Å². The predicted molar refractivity (Wildman–Crippen MR) is 105 cm³/mol. The van der Waals surface area contributed by atoms with E-state index in [1.165, 1.54) is 18.2 Å². The molecule has 0 aliphatic carbocycles. The van der Waals surface area contributed by atoms with Gasteiger partial charge in [0.15, 0.2) is 5.82 Å². The minimum absolute atomic E-state index is 0.299. The summed E-state index contributed by atoms with van der Waals surface area (Å²) in [4.78, 5) is 14.0. The molecule has 2 aromatic heterocycles. The van der Waals surface area contributed by atoms with Gasteiger partial charge in [0.2, 0.25) is 5.95 Å². The standard InChI is InChI=1S/C20H24N6O2/c1-4-17-16(11-21-22-17)18-23-24-20(26(18)5-2)25-9-8-13-10-14(19(27)28-3)6-7-15(13)12-25/h6-7,10-11H,4-5,8-9,12H2,1-3H3,(H,21,22). The van der Waals surface area contributed by atoms with E-state index >= 15 is 0 Å². The number of methoxy groups -OCH3 is 1. The number of rotatable bonds is 5. The van der Waals surface area contributed by atoms with E-state index < -0.39 is 0 Å². The summed E-state index contributed by atoms with van der Waals surface area (Å²) in [5.74, 6) is 1.41. The lowest BCUT2D eigenvalue weighted by molar-refractivity contribution is 0.0600. The Balaban J connectivity index is 1.64. The molecular formula is C20H24N6O2. The maximum Gasteiger partial charge on any atom is 0.337 e. The Kier molecular flexibility index (Phi) is 4.85. The monoisotopic (exact) mass is 380 g/mol. The van der Waals surface area contributed by atoms with Gasteiger partial charge in [-0.15, -0.1) is 10.2 Å². The maximum absolute atomic E-state index is 11.8. The summed E-state index contributed by atoms with van der Waals surface area (Å²) in [7, 11) is 1.41. The molecule has 0 bridgehead atoms. The molecule has 0 radical (unpaired) electrons. The molecule has 0 unspecified atom stereocenters. The fraction of sp³-hybridized carbons (Fsp3) is 0.400. The zero-order valence-corrected chi connectivity index (χ0v) is 16.4. The Hall–Kier alpha value is -3.16. The van der Waals surface area contributed by atoms with Gasteiger partial charge in [-0.2, -0.15) is 5.10 Å². The van der Waals surface area contributed by atoms with Crippen molar-refractivity contribution >= 4 is 11.9 Å². The quantitative estimate of drug-likeness (QED) is 0.685. The van der Waals surface area contributed by atoms with Crippen molar-refractivity contribution in [3.8, 4) is 11.4 Å². The van der Waals surface area contributed by atoms with Gasteiger partial charge in [0.05, 0.1) is 24.4 Å². The Morgan fingerprint density at radius 2 is 2.11 bits per heavy atom. The van der Waals surface area contributed by atoms with Gasteiger partial charge in [-0.3, -0.25) is 9.67 Å². The number of fused-ring (bicyclic) bond motifs is 1. The average molecular weight is 380 g/mol. The number of benzene rings is 1. The van der Waals surface area contributed by atoms with Crippen LogP contribution < -0.4 is 4.90 Å². The molecule has 1 aliphatic heterocycles. The van der Waals surface area contributed by atoms with Gasteiger partial charge in [-0.05, 0) is 43.0 Å². The molecule has 0 saturated heterocycles. The first-order valence-electron chi connectivity index (χ1n) is 9.57. The van der Waals surface area contributed by atoms with Crippen LogP contribution in [0.2, 0.25) is 0 Å². The molecule has 3 heterocycles. The van der Waals surface area contributed by atoms with E-state index in [1.807, 2.05) is 24.4 Å². The number of carbonyl (C=O) groups is 1. The van der Waals surface area contributed by atoms with Crippen molar-refractivity contribution in [2.75, 3.05) is 18.6 Å². The predicted octanol–water partition coefficient (Wildman–Crippen LogP) is 2.60. The fourth-order valence-corrected chi connectivity index (χ4v) is 3.76. The molecule has 8 nitrogen and oxygen atoms in total. The Morgan fingerprint density at radius 3 is 2.86 bits per heavy atom. The summed E-state index contributed by atoms with van der Waals surface area (Å²) in [5.41, 5.74) is 5.05. The van der Waals surface area contributed by atoms with Crippen LogP contribution in [0.15, 0.2) is 24.4 Å². The number of carbonyl (C=O) groups excluding carboxylic acids is 1. The molecule has 0 saturated carbocycles. The fourth-order valence-electron chi connectivity index (χ4n) is 3.76. The Bertz CT molecular complexity index is 1010. The van der Waals surface area contributed by atoms with Gasteiger partial charge in [0, 0.05) is 25.3 Å². The maximum atomic E-state index is 11.8. The van der Waals surface area contributed by atoms with E-state index in [0.717, 1.165) is 55.5 Å². The number of aromatic nitrogens is 5. The van der Waals surface area contributed by atoms with E-state index in [2.05, 4.69) is 43.7 Å². The number of hydrogen-bond donors (Lipinski definition) is 1. The number of aromatic amines is 1. The van der Waals surface area contributed by atoms with Crippen molar-refractivity contribution < 1.29 is 9.53 Å². The molecule has 146 valence electrons. The lowest BCUT2D eigenvalue weighted by Gasteiger charge is -2.30. The zero-order valence-electron chi connectivity index (χ0n) is 16.4. The van der Waals surface area contributed by atoms with Crippen molar-refractivity contribution in [3.63, 3.8) is 0 Å². The number of anilines is 1. The highest BCUT2D eigenvalue weighted by atomic mass is 16.5. The molecule has 0 amide bonds. The van der Waals surface area contributed by atoms with Gasteiger partial charge in [-0.1, -0.05) is 13.0 Å². The summed E-state index contributed by atoms with van der Waals surface area (Å²) in [6, 6.07) is 5.77. The molecule has 1 N–H and O–H groups in total. The van der Waals surface area contributed by atoms with Gasteiger partial charge in [0.25, 0.3) is 0 Å². The summed E-state index contributed by atoms with van der Waals surface area (Å²) in [5, 5.41) is 16.2. The van der Waals surface area contributed by atoms with Crippen LogP contribution in [0.4, 0.5) is 5.95 Å². The topological polar surface area (TPSA) is 88.9 Å². The first kappa shape index (κ1) is 18.2. The van der Waals surface area contributed by atoms with Crippen molar-refractivity contribution in [1.29, 1.82) is 0 Å². The SMILES string of the molecule is CCc1[nH]ncc1-c1nnc(N2CCc3cc(C(=O)OC)ccc3C2)n1CC. The molecule has 28 heavy (non-hydrogen) atoms. The highest BCUT2D eigenvalue weighted by Crippen LogP contribution is 2.28. The second kappa shape index (κ2) is 7.46. The first-order valence-corrected chi connectivity index (χ1v) is 9.57. The van der Waals surface area contributed by atoms with Crippen molar-refractivity contribution in [2.45, 2.75) is 39.8 Å². The molecule has 0 spiro atoms. The van der Waals surface area contributed by atoms with E-state index in [9.17, 15) is 4.79 Å². The van der Waals surface area contributed by atoms with Gasteiger partial charge in [0.1, 0.15) is 0 Å². The van der Waals surface area contributed by atoms with Crippen LogP contribution in [0, 0.1) is 0 Å². The normalized spacial score (nSPS) is 13.5. The largest absolute Gasteiger partial charge is 0.465 e. The van der Waals surface area contributed by atoms with Gasteiger partial charge >= 0.3 is 5.97 Å². The second-order valence-electron chi connectivity index (χ2n) is 6.83. The van der Waals surface area contributed by atoms with Crippen LogP contribution in [0.1, 0.15) is 41.0 Å². The van der Waals surface area contributed by atoms with Crippen LogP contribution in [0.25, 0.3) is 11.4 Å². The number of H-pyrrole nitrogens is 1. The summed E-state index contributed by atoms with van der Waals surface area (Å²) >= 11 is 0. The highest BCUT2D eigenvalue weighted by molar-refractivity contribution is 5.89. The second-order valence-corrected chi connectivity index (χ2v) is 6.83. The third-order valence-electron chi connectivity index (χ3n) is 5.28. The van der Waals surface area contributed by atoms with Crippen molar-refractivity contribution in [2.24, 2.45) is 0 Å². The Labute approximate surface area is 163 Å². The van der Waals surface area contributed by atoms with E-state index in [1.54, 1.807) is 0 Å². The van der Waals surface area contributed by atoms with Crippen LogP contribution in [0.3, 0.4) is 0 Å². The smallest absolute Gasteiger partial charge is 0.337 e. The Morgan fingerprint density at radius 1 is 1.25 bits per heavy atom.